The van der Waals surface area contributed by atoms with Gasteiger partial charge in [0.25, 0.3) is 0 Å². The first-order valence-electron chi connectivity index (χ1n) is 6.21. The zero-order chi connectivity index (χ0) is 14.0. The van der Waals surface area contributed by atoms with Crippen LogP contribution in [0.3, 0.4) is 0 Å². The number of rotatable bonds is 4. The highest BCUT2D eigenvalue weighted by Gasteiger charge is 2.18. The number of aryl methyl sites for hydroxylation is 2. The molecule has 102 valence electrons. The summed E-state index contributed by atoms with van der Waals surface area (Å²) in [7, 11) is 3.59. The van der Waals surface area contributed by atoms with E-state index in [9.17, 15) is 0 Å². The van der Waals surface area contributed by atoms with Crippen LogP contribution in [0, 0.1) is 0 Å². The maximum Gasteiger partial charge on any atom is 0.128 e. The van der Waals surface area contributed by atoms with Crippen LogP contribution >= 0.6 is 15.9 Å². The lowest BCUT2D eigenvalue weighted by Crippen LogP contribution is -1.99. The van der Waals surface area contributed by atoms with Crippen LogP contribution in [0.5, 0.6) is 5.75 Å². The molecule has 5 heteroatoms. The standard InChI is InChI=1S/C14H18BrN3O/c1-4-9-5-6-12(19-3)10(7-9)14-13(15)11(8-16)17-18(14)2/h5-7H,4,8,16H2,1-3H3. The molecule has 1 heterocycles. The average molecular weight is 324 g/mol. The van der Waals surface area contributed by atoms with Crippen molar-refractivity contribution in [1.29, 1.82) is 0 Å². The first kappa shape index (κ1) is 14.1. The van der Waals surface area contributed by atoms with E-state index >= 15 is 0 Å². The lowest BCUT2D eigenvalue weighted by atomic mass is 10.0. The van der Waals surface area contributed by atoms with E-state index in [0.717, 1.165) is 33.6 Å². The monoisotopic (exact) mass is 323 g/mol. The second-order valence-electron chi connectivity index (χ2n) is 4.33. The minimum atomic E-state index is 0.407. The zero-order valence-electron chi connectivity index (χ0n) is 11.4. The van der Waals surface area contributed by atoms with Gasteiger partial charge >= 0.3 is 0 Å². The number of methoxy groups -OCH3 is 1. The Morgan fingerprint density at radius 1 is 1.42 bits per heavy atom. The molecule has 0 spiro atoms. The van der Waals surface area contributed by atoms with Crippen LogP contribution < -0.4 is 10.5 Å². The van der Waals surface area contributed by atoms with E-state index in [0.29, 0.717) is 6.54 Å². The second kappa shape index (κ2) is 5.75. The van der Waals surface area contributed by atoms with Gasteiger partial charge in [-0.05, 0) is 40.0 Å². The van der Waals surface area contributed by atoms with Crippen LogP contribution in [0.2, 0.25) is 0 Å². The van der Waals surface area contributed by atoms with Crippen molar-refractivity contribution < 1.29 is 4.74 Å². The van der Waals surface area contributed by atoms with Crippen LogP contribution in [0.15, 0.2) is 22.7 Å². The highest BCUT2D eigenvalue weighted by Crippen LogP contribution is 2.37. The minimum absolute atomic E-state index is 0.407. The number of halogens is 1. The maximum absolute atomic E-state index is 5.70. The summed E-state index contributed by atoms with van der Waals surface area (Å²) in [6, 6.07) is 6.22. The Morgan fingerprint density at radius 3 is 2.68 bits per heavy atom. The topological polar surface area (TPSA) is 53.1 Å². The number of aromatic nitrogens is 2. The van der Waals surface area contributed by atoms with Crippen molar-refractivity contribution in [3.05, 3.63) is 33.9 Å². The predicted octanol–water partition coefficient (Wildman–Crippen LogP) is 2.88. The van der Waals surface area contributed by atoms with Crippen molar-refractivity contribution in [3.8, 4) is 17.0 Å². The number of benzene rings is 1. The van der Waals surface area contributed by atoms with Crippen molar-refractivity contribution in [2.75, 3.05) is 7.11 Å². The Morgan fingerprint density at radius 2 is 2.16 bits per heavy atom. The molecule has 0 saturated heterocycles. The number of nitrogens with zero attached hydrogens (tertiary/aromatic N) is 2. The lowest BCUT2D eigenvalue weighted by molar-refractivity contribution is 0.416. The molecule has 0 radical (unpaired) electrons. The van der Waals surface area contributed by atoms with Crippen molar-refractivity contribution >= 4 is 15.9 Å². The highest BCUT2D eigenvalue weighted by molar-refractivity contribution is 9.10. The summed E-state index contributed by atoms with van der Waals surface area (Å²) in [6.45, 7) is 2.54. The maximum atomic E-state index is 5.70. The fourth-order valence-corrected chi connectivity index (χ4v) is 2.85. The summed E-state index contributed by atoms with van der Waals surface area (Å²) in [5.74, 6) is 0.837. The summed E-state index contributed by atoms with van der Waals surface area (Å²) < 4.78 is 8.23. The lowest BCUT2D eigenvalue weighted by Gasteiger charge is -2.11. The van der Waals surface area contributed by atoms with E-state index in [1.54, 1.807) is 7.11 Å². The van der Waals surface area contributed by atoms with Crippen LogP contribution in [0.1, 0.15) is 18.2 Å². The SMILES string of the molecule is CCc1ccc(OC)c(-c2c(Br)c(CN)nn2C)c1. The predicted molar refractivity (Wildman–Crippen MR) is 80.2 cm³/mol. The smallest absolute Gasteiger partial charge is 0.128 e. The average Bonchev–Trinajstić information content (AvgIpc) is 2.72. The van der Waals surface area contributed by atoms with Gasteiger partial charge in [0.2, 0.25) is 0 Å². The Kier molecular flexibility index (Phi) is 4.27. The molecule has 0 aliphatic rings. The Bertz CT molecular complexity index is 593. The Balaban J connectivity index is 2.66. The van der Waals surface area contributed by atoms with Gasteiger partial charge in [-0.3, -0.25) is 4.68 Å². The zero-order valence-corrected chi connectivity index (χ0v) is 13.0. The third kappa shape index (κ3) is 2.53. The molecule has 0 bridgehead atoms. The molecule has 2 N–H and O–H groups in total. The van der Waals surface area contributed by atoms with E-state index in [2.05, 4.69) is 40.1 Å². The molecule has 2 aromatic rings. The molecular weight excluding hydrogens is 306 g/mol. The van der Waals surface area contributed by atoms with Gasteiger partial charge in [0.15, 0.2) is 0 Å². The van der Waals surface area contributed by atoms with E-state index in [4.69, 9.17) is 10.5 Å². The summed E-state index contributed by atoms with van der Waals surface area (Å²) in [5.41, 5.74) is 9.84. The van der Waals surface area contributed by atoms with Gasteiger partial charge < -0.3 is 10.5 Å². The van der Waals surface area contributed by atoms with E-state index in [-0.39, 0.29) is 0 Å². The van der Waals surface area contributed by atoms with Gasteiger partial charge in [-0.2, -0.15) is 5.10 Å². The molecule has 0 aliphatic heterocycles. The molecule has 0 fully saturated rings. The van der Waals surface area contributed by atoms with Crippen molar-refractivity contribution in [2.24, 2.45) is 12.8 Å². The van der Waals surface area contributed by atoms with Gasteiger partial charge in [-0.1, -0.05) is 13.0 Å². The Hall–Kier alpha value is -1.33. The third-order valence-electron chi connectivity index (χ3n) is 3.18. The normalized spacial score (nSPS) is 10.8. The molecule has 2 rings (SSSR count). The van der Waals surface area contributed by atoms with Gasteiger partial charge in [-0.15, -0.1) is 0 Å². The first-order valence-corrected chi connectivity index (χ1v) is 7.00. The van der Waals surface area contributed by atoms with Gasteiger partial charge in [0, 0.05) is 19.2 Å². The number of hydrogen-bond acceptors (Lipinski definition) is 3. The first-order chi connectivity index (χ1) is 9.12. The molecule has 0 amide bonds. The second-order valence-corrected chi connectivity index (χ2v) is 5.12. The molecule has 0 saturated carbocycles. The van der Waals surface area contributed by atoms with Crippen molar-refractivity contribution in [2.45, 2.75) is 19.9 Å². The van der Waals surface area contributed by atoms with Gasteiger partial charge in [0.05, 0.1) is 23.0 Å². The molecule has 0 atom stereocenters. The third-order valence-corrected chi connectivity index (χ3v) is 4.01. The summed E-state index contributed by atoms with van der Waals surface area (Å²) >= 11 is 3.59. The largest absolute Gasteiger partial charge is 0.496 e. The van der Waals surface area contributed by atoms with Crippen LogP contribution in [-0.4, -0.2) is 16.9 Å². The highest BCUT2D eigenvalue weighted by atomic mass is 79.9. The van der Waals surface area contributed by atoms with E-state index in [1.807, 2.05) is 17.8 Å². The molecule has 1 aromatic heterocycles. The van der Waals surface area contributed by atoms with E-state index in [1.165, 1.54) is 5.56 Å². The summed E-state index contributed by atoms with van der Waals surface area (Å²) in [4.78, 5) is 0. The summed E-state index contributed by atoms with van der Waals surface area (Å²) in [6.07, 6.45) is 0.982. The molecule has 0 aliphatic carbocycles. The van der Waals surface area contributed by atoms with Crippen molar-refractivity contribution in [3.63, 3.8) is 0 Å². The fourth-order valence-electron chi connectivity index (χ4n) is 2.14. The number of nitrogens with two attached hydrogens (primary N) is 1. The van der Waals surface area contributed by atoms with Crippen molar-refractivity contribution in [1.82, 2.24) is 9.78 Å². The van der Waals surface area contributed by atoms with Crippen LogP contribution in [0.4, 0.5) is 0 Å². The molecule has 4 nitrogen and oxygen atoms in total. The molecular formula is C14H18BrN3O. The van der Waals surface area contributed by atoms with Crippen LogP contribution in [-0.2, 0) is 20.0 Å². The van der Waals surface area contributed by atoms with E-state index < -0.39 is 0 Å². The molecule has 0 unspecified atom stereocenters. The van der Waals surface area contributed by atoms with Crippen LogP contribution in [0.25, 0.3) is 11.3 Å². The fraction of sp³-hybridized carbons (Fsp3) is 0.357. The number of ether oxygens (including phenoxy) is 1. The molecule has 19 heavy (non-hydrogen) atoms. The van der Waals surface area contributed by atoms with Gasteiger partial charge in [-0.25, -0.2) is 0 Å². The minimum Gasteiger partial charge on any atom is -0.496 e. The molecule has 1 aromatic carbocycles. The van der Waals surface area contributed by atoms with Gasteiger partial charge in [0.1, 0.15) is 5.75 Å². The Labute approximate surface area is 121 Å². The number of hydrogen-bond donors (Lipinski definition) is 1. The quantitative estimate of drug-likeness (QED) is 0.941. The summed E-state index contributed by atoms with van der Waals surface area (Å²) in [5, 5.41) is 4.43.